The van der Waals surface area contributed by atoms with Crippen LogP contribution in [-0.2, 0) is 6.54 Å². The Morgan fingerprint density at radius 2 is 1.70 bits per heavy atom. The molecule has 3 nitrogen and oxygen atoms in total. The number of benzene rings is 3. The van der Waals surface area contributed by atoms with Crippen molar-refractivity contribution in [1.29, 1.82) is 0 Å². The lowest BCUT2D eigenvalue weighted by Gasteiger charge is -2.21. The van der Waals surface area contributed by atoms with Gasteiger partial charge in [-0.1, -0.05) is 60.1 Å². The lowest BCUT2D eigenvalue weighted by molar-refractivity contribution is 0.124. The van der Waals surface area contributed by atoms with Gasteiger partial charge in [-0.15, -0.1) is 0 Å². The molecule has 0 fully saturated rings. The molecule has 0 aliphatic carbocycles. The predicted octanol–water partition coefficient (Wildman–Crippen LogP) is 5.56. The Morgan fingerprint density at radius 1 is 1.00 bits per heavy atom. The molecule has 0 radical (unpaired) electrons. The van der Waals surface area contributed by atoms with Crippen LogP contribution < -0.4 is 5.32 Å². The Hall–Kier alpha value is -2.33. The number of likely N-dealkylation sites (N-methyl/N-ethyl adjacent to an activating group) is 1. The molecule has 0 amide bonds. The van der Waals surface area contributed by atoms with Gasteiger partial charge in [-0.25, -0.2) is 0 Å². The fourth-order valence-corrected chi connectivity index (χ4v) is 3.20. The summed E-state index contributed by atoms with van der Waals surface area (Å²) in [5.41, 5.74) is 5.21. The van der Waals surface area contributed by atoms with Gasteiger partial charge in [0.1, 0.15) is 0 Å². The molecule has 0 heterocycles. The Morgan fingerprint density at radius 3 is 2.41 bits per heavy atom. The lowest BCUT2D eigenvalue weighted by Crippen LogP contribution is -2.24. The standard InChI is InChI=1S/C23H25ClN2O/c1-17-8-13-21(24)22(14-17)25-20-11-9-18(10-12-20)15-26(2)16-23(27)19-6-4-3-5-7-19/h3-14,23,25,27H,15-16H2,1-2H3. The van der Waals surface area contributed by atoms with Crippen molar-refractivity contribution in [3.8, 4) is 0 Å². The van der Waals surface area contributed by atoms with Crippen molar-refractivity contribution in [1.82, 2.24) is 4.90 Å². The van der Waals surface area contributed by atoms with Crippen molar-refractivity contribution in [2.24, 2.45) is 0 Å². The molecule has 2 N–H and O–H groups in total. The van der Waals surface area contributed by atoms with Crippen LogP contribution in [0.15, 0.2) is 72.8 Å². The van der Waals surface area contributed by atoms with Crippen molar-refractivity contribution in [2.45, 2.75) is 19.6 Å². The van der Waals surface area contributed by atoms with Crippen LogP contribution in [0.3, 0.4) is 0 Å². The van der Waals surface area contributed by atoms with E-state index in [4.69, 9.17) is 11.6 Å². The van der Waals surface area contributed by atoms with E-state index in [2.05, 4.69) is 34.5 Å². The minimum atomic E-state index is -0.486. The van der Waals surface area contributed by atoms with E-state index in [9.17, 15) is 5.11 Å². The normalized spacial score (nSPS) is 12.2. The summed E-state index contributed by atoms with van der Waals surface area (Å²) in [5.74, 6) is 0. The molecule has 0 spiro atoms. The van der Waals surface area contributed by atoms with Gasteiger partial charge in [-0.2, -0.15) is 0 Å². The lowest BCUT2D eigenvalue weighted by atomic mass is 10.1. The quantitative estimate of drug-likeness (QED) is 0.563. The molecule has 0 aromatic heterocycles. The van der Waals surface area contributed by atoms with E-state index in [1.54, 1.807) is 0 Å². The molecule has 3 rings (SSSR count). The van der Waals surface area contributed by atoms with Gasteiger partial charge >= 0.3 is 0 Å². The maximum absolute atomic E-state index is 10.4. The fraction of sp³-hybridized carbons (Fsp3) is 0.217. The number of hydrogen-bond acceptors (Lipinski definition) is 3. The first kappa shape index (κ1) is 19.4. The van der Waals surface area contributed by atoms with Gasteiger partial charge in [-0.3, -0.25) is 4.90 Å². The van der Waals surface area contributed by atoms with Crippen LogP contribution in [0.2, 0.25) is 5.02 Å². The molecule has 3 aromatic carbocycles. The van der Waals surface area contributed by atoms with Gasteiger partial charge in [0.25, 0.3) is 0 Å². The first-order valence-corrected chi connectivity index (χ1v) is 9.43. The van der Waals surface area contributed by atoms with Crippen LogP contribution in [0.1, 0.15) is 22.8 Å². The molecule has 0 saturated carbocycles. The largest absolute Gasteiger partial charge is 0.387 e. The summed E-state index contributed by atoms with van der Waals surface area (Å²) in [4.78, 5) is 2.12. The van der Waals surface area contributed by atoms with E-state index in [0.29, 0.717) is 11.6 Å². The number of nitrogens with zero attached hydrogens (tertiary/aromatic N) is 1. The zero-order chi connectivity index (χ0) is 19.2. The molecule has 1 unspecified atom stereocenters. The van der Waals surface area contributed by atoms with Gasteiger partial charge in [-0.05, 0) is 54.9 Å². The van der Waals surface area contributed by atoms with Gasteiger partial charge in [0.2, 0.25) is 0 Å². The van der Waals surface area contributed by atoms with Crippen molar-refractivity contribution in [3.63, 3.8) is 0 Å². The highest BCUT2D eigenvalue weighted by molar-refractivity contribution is 6.33. The topological polar surface area (TPSA) is 35.5 Å². The van der Waals surface area contributed by atoms with Crippen LogP contribution in [0.5, 0.6) is 0 Å². The number of rotatable bonds is 7. The number of nitrogens with one attached hydrogen (secondary N) is 1. The highest BCUT2D eigenvalue weighted by atomic mass is 35.5. The molecule has 0 aliphatic rings. The van der Waals surface area contributed by atoms with Gasteiger partial charge in [0.15, 0.2) is 0 Å². The molecule has 0 bridgehead atoms. The summed E-state index contributed by atoms with van der Waals surface area (Å²) in [6.45, 7) is 3.41. The van der Waals surface area contributed by atoms with E-state index in [1.807, 2.05) is 62.5 Å². The molecule has 0 aliphatic heterocycles. The minimum absolute atomic E-state index is 0.486. The second kappa shape index (κ2) is 9.05. The van der Waals surface area contributed by atoms with E-state index >= 15 is 0 Å². The SMILES string of the molecule is Cc1ccc(Cl)c(Nc2ccc(CN(C)CC(O)c3ccccc3)cc2)c1. The summed E-state index contributed by atoms with van der Waals surface area (Å²) < 4.78 is 0. The zero-order valence-electron chi connectivity index (χ0n) is 15.7. The molecule has 27 heavy (non-hydrogen) atoms. The molecule has 3 aromatic rings. The summed E-state index contributed by atoms with van der Waals surface area (Å²) in [6.07, 6.45) is -0.486. The number of aryl methyl sites for hydroxylation is 1. The highest BCUT2D eigenvalue weighted by Gasteiger charge is 2.10. The fourth-order valence-electron chi connectivity index (χ4n) is 3.04. The third-order valence-corrected chi connectivity index (χ3v) is 4.81. The summed E-state index contributed by atoms with van der Waals surface area (Å²) in [5, 5.41) is 14.4. The third kappa shape index (κ3) is 5.57. The van der Waals surface area contributed by atoms with Crippen LogP contribution in [0.4, 0.5) is 11.4 Å². The maximum Gasteiger partial charge on any atom is 0.0916 e. The summed E-state index contributed by atoms with van der Waals surface area (Å²) in [6, 6.07) is 24.0. The molecule has 4 heteroatoms. The molecular weight excluding hydrogens is 356 g/mol. The monoisotopic (exact) mass is 380 g/mol. The van der Waals surface area contributed by atoms with Crippen LogP contribution in [0, 0.1) is 6.92 Å². The average Bonchev–Trinajstić information content (AvgIpc) is 2.67. The van der Waals surface area contributed by atoms with Crippen LogP contribution >= 0.6 is 11.6 Å². The van der Waals surface area contributed by atoms with Crippen molar-refractivity contribution < 1.29 is 5.11 Å². The maximum atomic E-state index is 10.4. The first-order valence-electron chi connectivity index (χ1n) is 9.05. The van der Waals surface area contributed by atoms with E-state index in [1.165, 1.54) is 5.56 Å². The predicted molar refractivity (Wildman–Crippen MR) is 114 cm³/mol. The smallest absolute Gasteiger partial charge is 0.0916 e. The van der Waals surface area contributed by atoms with Crippen molar-refractivity contribution in [3.05, 3.63) is 94.5 Å². The van der Waals surface area contributed by atoms with Crippen molar-refractivity contribution >= 4 is 23.0 Å². The van der Waals surface area contributed by atoms with Gasteiger partial charge < -0.3 is 10.4 Å². The number of anilines is 2. The van der Waals surface area contributed by atoms with Crippen LogP contribution in [-0.4, -0.2) is 23.6 Å². The highest BCUT2D eigenvalue weighted by Crippen LogP contribution is 2.26. The van der Waals surface area contributed by atoms with Gasteiger partial charge in [0, 0.05) is 18.8 Å². The average molecular weight is 381 g/mol. The Labute approximate surface area is 166 Å². The number of aliphatic hydroxyl groups excluding tert-OH is 1. The van der Waals surface area contributed by atoms with Crippen LogP contribution in [0.25, 0.3) is 0 Å². The molecule has 0 saturated heterocycles. The van der Waals surface area contributed by atoms with Gasteiger partial charge in [0.05, 0.1) is 16.8 Å². The van der Waals surface area contributed by atoms with E-state index in [0.717, 1.165) is 29.0 Å². The molecule has 140 valence electrons. The first-order chi connectivity index (χ1) is 13.0. The summed E-state index contributed by atoms with van der Waals surface area (Å²) >= 11 is 6.25. The zero-order valence-corrected chi connectivity index (χ0v) is 16.4. The summed E-state index contributed by atoms with van der Waals surface area (Å²) in [7, 11) is 2.02. The number of halogens is 1. The molecular formula is C23H25ClN2O. The second-order valence-electron chi connectivity index (χ2n) is 6.93. The van der Waals surface area contributed by atoms with E-state index in [-0.39, 0.29) is 0 Å². The second-order valence-corrected chi connectivity index (χ2v) is 7.34. The number of hydrogen-bond donors (Lipinski definition) is 2. The van der Waals surface area contributed by atoms with E-state index < -0.39 is 6.10 Å². The minimum Gasteiger partial charge on any atom is -0.387 e. The van der Waals surface area contributed by atoms with Crippen molar-refractivity contribution in [2.75, 3.05) is 18.9 Å². The number of aliphatic hydroxyl groups is 1. The Balaban J connectivity index is 1.58. The molecule has 1 atom stereocenters. The Kier molecular flexibility index (Phi) is 6.51. The Bertz CT molecular complexity index is 865. The third-order valence-electron chi connectivity index (χ3n) is 4.48.